The second-order valence-electron chi connectivity index (χ2n) is 10.2. The van der Waals surface area contributed by atoms with Crippen LogP contribution in [-0.4, -0.2) is 17.1 Å². The van der Waals surface area contributed by atoms with Gasteiger partial charge in [0.2, 0.25) is 0 Å². The van der Waals surface area contributed by atoms with Crippen molar-refractivity contribution in [1.29, 1.82) is 0 Å². The molecule has 42 heavy (non-hydrogen) atoms. The van der Waals surface area contributed by atoms with Crippen molar-refractivity contribution < 1.29 is 14.3 Å². The largest absolute Gasteiger partial charge is 0.488 e. The van der Waals surface area contributed by atoms with E-state index < -0.39 is 12.0 Å². The number of thiazole rings is 1. The van der Waals surface area contributed by atoms with E-state index in [-0.39, 0.29) is 12.2 Å². The van der Waals surface area contributed by atoms with E-state index in [0.29, 0.717) is 38.9 Å². The van der Waals surface area contributed by atoms with E-state index in [9.17, 15) is 9.59 Å². The predicted molar refractivity (Wildman–Crippen MR) is 174 cm³/mol. The first-order chi connectivity index (χ1) is 20.2. The topological polar surface area (TPSA) is 69.9 Å². The molecule has 0 radical (unpaired) electrons. The summed E-state index contributed by atoms with van der Waals surface area (Å²) in [7, 11) is 0. The fraction of sp³-hybridized carbons (Fsp3) is 0.242. The molecule has 0 fully saturated rings. The number of hydrogen-bond acceptors (Lipinski definition) is 6. The molecule has 6 nitrogen and oxygen atoms in total. The van der Waals surface area contributed by atoms with Gasteiger partial charge in [0.15, 0.2) is 4.80 Å². The molecule has 0 bridgehead atoms. The van der Waals surface area contributed by atoms with Crippen molar-refractivity contribution in [3.8, 4) is 5.75 Å². The van der Waals surface area contributed by atoms with E-state index in [1.165, 1.54) is 16.9 Å². The van der Waals surface area contributed by atoms with Crippen LogP contribution >= 0.6 is 43.2 Å². The van der Waals surface area contributed by atoms with E-state index in [0.717, 1.165) is 25.6 Å². The monoisotopic (exact) mass is 708 g/mol. The smallest absolute Gasteiger partial charge is 0.338 e. The first-order valence-corrected chi connectivity index (χ1v) is 16.0. The van der Waals surface area contributed by atoms with Gasteiger partial charge in [-0.3, -0.25) is 9.36 Å². The van der Waals surface area contributed by atoms with Gasteiger partial charge in [-0.05, 0) is 88.3 Å². The Morgan fingerprint density at radius 1 is 1.07 bits per heavy atom. The Labute approximate surface area is 265 Å². The first-order valence-electron chi connectivity index (χ1n) is 13.6. The molecule has 1 aliphatic rings. The summed E-state index contributed by atoms with van der Waals surface area (Å²) >= 11 is 8.37. The molecule has 0 aliphatic carbocycles. The average molecular weight is 710 g/mol. The summed E-state index contributed by atoms with van der Waals surface area (Å²) < 4.78 is 15.3. The van der Waals surface area contributed by atoms with Crippen molar-refractivity contribution >= 4 is 55.2 Å². The molecule has 0 spiro atoms. The molecule has 0 unspecified atom stereocenters. The number of benzene rings is 3. The van der Waals surface area contributed by atoms with Crippen LogP contribution in [0.25, 0.3) is 6.08 Å². The molecule has 5 rings (SSSR count). The van der Waals surface area contributed by atoms with Gasteiger partial charge in [-0.2, -0.15) is 0 Å². The molecule has 1 atom stereocenters. The fourth-order valence-corrected chi connectivity index (χ4v) is 6.61. The number of ether oxygens (including phenoxy) is 2. The van der Waals surface area contributed by atoms with Crippen molar-refractivity contribution in [2.45, 2.75) is 46.3 Å². The number of carbonyl (C=O) groups is 1. The molecule has 1 aliphatic heterocycles. The van der Waals surface area contributed by atoms with Gasteiger partial charge in [-0.1, -0.05) is 83.6 Å². The normalized spacial score (nSPS) is 15.0. The highest BCUT2D eigenvalue weighted by molar-refractivity contribution is 9.10. The van der Waals surface area contributed by atoms with E-state index in [1.54, 1.807) is 18.4 Å². The maximum atomic E-state index is 13.9. The van der Waals surface area contributed by atoms with Crippen molar-refractivity contribution in [2.24, 2.45) is 4.99 Å². The Bertz CT molecular complexity index is 1840. The Balaban J connectivity index is 1.52. The van der Waals surface area contributed by atoms with Gasteiger partial charge in [0, 0.05) is 4.47 Å². The summed E-state index contributed by atoms with van der Waals surface area (Å²) in [6, 6.07) is 21.1. The zero-order chi connectivity index (χ0) is 30.0. The van der Waals surface area contributed by atoms with Crippen LogP contribution < -0.4 is 19.6 Å². The van der Waals surface area contributed by atoms with Crippen LogP contribution in [0, 0.1) is 0 Å². The van der Waals surface area contributed by atoms with E-state index >= 15 is 0 Å². The van der Waals surface area contributed by atoms with Crippen molar-refractivity contribution in [3.05, 3.63) is 129 Å². The third kappa shape index (κ3) is 6.38. The van der Waals surface area contributed by atoms with E-state index in [4.69, 9.17) is 9.47 Å². The second-order valence-corrected chi connectivity index (χ2v) is 13.0. The van der Waals surface area contributed by atoms with Gasteiger partial charge in [-0.15, -0.1) is 0 Å². The summed E-state index contributed by atoms with van der Waals surface area (Å²) in [6.45, 7) is 8.49. The van der Waals surface area contributed by atoms with Crippen LogP contribution in [0.3, 0.4) is 0 Å². The number of allylic oxidation sites excluding steroid dienone is 1. The minimum Gasteiger partial charge on any atom is -0.488 e. The van der Waals surface area contributed by atoms with Crippen LogP contribution in [0.15, 0.2) is 96.7 Å². The van der Waals surface area contributed by atoms with Crippen LogP contribution in [0.5, 0.6) is 5.75 Å². The van der Waals surface area contributed by atoms with E-state index in [2.05, 4.69) is 50.7 Å². The zero-order valence-corrected chi connectivity index (χ0v) is 27.7. The quantitative estimate of drug-likeness (QED) is 0.184. The molecule has 0 N–H and O–H groups in total. The minimum atomic E-state index is -0.634. The second kappa shape index (κ2) is 12.9. The average Bonchev–Trinajstić information content (AvgIpc) is 3.26. The molecular formula is C33H30Br2N2O4S. The fourth-order valence-electron chi connectivity index (χ4n) is 4.79. The van der Waals surface area contributed by atoms with E-state index in [1.807, 2.05) is 72.8 Å². The highest BCUT2D eigenvalue weighted by Crippen LogP contribution is 2.32. The molecule has 216 valence electrons. The Morgan fingerprint density at radius 2 is 1.79 bits per heavy atom. The van der Waals surface area contributed by atoms with Gasteiger partial charge in [0.05, 0.1) is 32.9 Å². The third-order valence-corrected chi connectivity index (χ3v) is 9.13. The van der Waals surface area contributed by atoms with Crippen molar-refractivity contribution in [3.63, 3.8) is 0 Å². The molecule has 0 amide bonds. The molecule has 1 aromatic heterocycles. The number of nitrogens with zero attached hydrogens (tertiary/aromatic N) is 2. The predicted octanol–water partition coefficient (Wildman–Crippen LogP) is 7.03. The lowest BCUT2D eigenvalue weighted by atomic mass is 9.93. The highest BCUT2D eigenvalue weighted by Gasteiger charge is 2.33. The van der Waals surface area contributed by atoms with Gasteiger partial charge < -0.3 is 9.47 Å². The van der Waals surface area contributed by atoms with Gasteiger partial charge in [-0.25, -0.2) is 9.79 Å². The minimum absolute atomic E-state index is 0.210. The summed E-state index contributed by atoms with van der Waals surface area (Å²) in [5.74, 6) is 0.601. The number of carbonyl (C=O) groups excluding carboxylic acids is 1. The number of rotatable bonds is 8. The van der Waals surface area contributed by atoms with Crippen LogP contribution in [0.1, 0.15) is 61.9 Å². The molecule has 2 heterocycles. The van der Waals surface area contributed by atoms with Crippen LogP contribution in [-0.2, 0) is 16.1 Å². The van der Waals surface area contributed by atoms with Crippen molar-refractivity contribution in [1.82, 2.24) is 4.57 Å². The zero-order valence-electron chi connectivity index (χ0n) is 23.7. The molecule has 4 aromatic rings. The maximum Gasteiger partial charge on any atom is 0.338 e. The van der Waals surface area contributed by atoms with Gasteiger partial charge >= 0.3 is 5.97 Å². The van der Waals surface area contributed by atoms with Crippen LogP contribution in [0.2, 0.25) is 0 Å². The van der Waals surface area contributed by atoms with Crippen molar-refractivity contribution in [2.75, 3.05) is 6.61 Å². The lowest BCUT2D eigenvalue weighted by Crippen LogP contribution is -2.39. The lowest BCUT2D eigenvalue weighted by molar-refractivity contribution is -0.139. The molecular weight excluding hydrogens is 680 g/mol. The first kappa shape index (κ1) is 30.2. The highest BCUT2D eigenvalue weighted by atomic mass is 79.9. The van der Waals surface area contributed by atoms with Gasteiger partial charge in [0.25, 0.3) is 5.56 Å². The number of halogens is 2. The number of aromatic nitrogens is 1. The van der Waals surface area contributed by atoms with Gasteiger partial charge in [0.1, 0.15) is 12.4 Å². The standard InChI is InChI=1S/C33H30Br2N2O4S/c1-5-40-32(39)29-20(4)36-33-37(30(29)24-11-9-23(10-12-24)19(2)3)31(38)28(42-33)17-22-8-15-27(26(35)16-22)41-18-21-6-13-25(34)14-7-21/h6-17,19,30H,5,18H2,1-4H3/b28-17-/t30-/m0/s1. The summed E-state index contributed by atoms with van der Waals surface area (Å²) in [6.07, 6.45) is 1.84. The number of esters is 1. The lowest BCUT2D eigenvalue weighted by Gasteiger charge is -2.25. The summed E-state index contributed by atoms with van der Waals surface area (Å²) in [4.78, 5) is 32.3. The SMILES string of the molecule is CCOC(=O)C1=C(C)N=c2s/c(=C\c3ccc(OCc4ccc(Br)cc4)c(Br)c3)c(=O)n2[C@H]1c1ccc(C(C)C)cc1. The maximum absolute atomic E-state index is 13.9. The summed E-state index contributed by atoms with van der Waals surface area (Å²) in [5, 5.41) is 0. The Kier molecular flexibility index (Phi) is 9.30. The molecule has 0 saturated carbocycles. The third-order valence-electron chi connectivity index (χ3n) is 7.00. The molecule has 0 saturated heterocycles. The number of hydrogen-bond donors (Lipinski definition) is 0. The Morgan fingerprint density at radius 3 is 2.43 bits per heavy atom. The number of fused-ring (bicyclic) bond motifs is 1. The Hall–Kier alpha value is -3.27. The molecule has 9 heteroatoms. The van der Waals surface area contributed by atoms with Crippen LogP contribution in [0.4, 0.5) is 0 Å². The molecule has 3 aromatic carbocycles. The summed E-state index contributed by atoms with van der Waals surface area (Å²) in [5.41, 5.74) is 4.62.